The molecular weight excluding hydrogens is 226 g/mol. The second-order valence-corrected chi connectivity index (χ2v) is 4.08. The molecule has 0 aliphatic carbocycles. The molecule has 0 bridgehead atoms. The normalized spacial score (nSPS) is 10.9. The Kier molecular flexibility index (Phi) is 2.78. The summed E-state index contributed by atoms with van der Waals surface area (Å²) in [5, 5.41) is 0. The Morgan fingerprint density at radius 2 is 1.94 bits per heavy atom. The quantitative estimate of drug-likeness (QED) is 0.762. The molecule has 0 atom stereocenters. The van der Waals surface area contributed by atoms with E-state index in [4.69, 9.17) is 10.2 Å². The molecule has 3 aromatic rings. The second kappa shape index (κ2) is 4.58. The summed E-state index contributed by atoms with van der Waals surface area (Å²) in [6.45, 7) is 0.659. The standard InChI is InChI=1S/C14H13N3O/c15-8-7-10-3-5-11(6-4-10)14-17-13-12(18-14)2-1-9-16-13/h1-6,9H,7-8,15H2. The molecule has 2 aromatic heterocycles. The van der Waals surface area contributed by atoms with Crippen molar-refractivity contribution in [1.29, 1.82) is 0 Å². The smallest absolute Gasteiger partial charge is 0.228 e. The van der Waals surface area contributed by atoms with E-state index in [1.807, 2.05) is 36.4 Å². The van der Waals surface area contributed by atoms with Gasteiger partial charge in [0.15, 0.2) is 11.2 Å². The third kappa shape index (κ3) is 1.98. The summed E-state index contributed by atoms with van der Waals surface area (Å²) in [6, 6.07) is 11.8. The van der Waals surface area contributed by atoms with Crippen LogP contribution in [-0.2, 0) is 6.42 Å². The van der Waals surface area contributed by atoms with Gasteiger partial charge in [-0.1, -0.05) is 12.1 Å². The van der Waals surface area contributed by atoms with Crippen LogP contribution in [0.5, 0.6) is 0 Å². The lowest BCUT2D eigenvalue weighted by atomic mass is 10.1. The predicted molar refractivity (Wildman–Crippen MR) is 70.0 cm³/mol. The van der Waals surface area contributed by atoms with E-state index in [0.29, 0.717) is 23.7 Å². The molecule has 18 heavy (non-hydrogen) atoms. The molecule has 0 amide bonds. The largest absolute Gasteiger partial charge is 0.434 e. The minimum absolute atomic E-state index is 0.600. The number of hydrogen-bond donors (Lipinski definition) is 1. The maximum Gasteiger partial charge on any atom is 0.228 e. The van der Waals surface area contributed by atoms with Crippen molar-refractivity contribution in [3.05, 3.63) is 48.2 Å². The van der Waals surface area contributed by atoms with Crippen molar-refractivity contribution in [2.75, 3.05) is 6.54 Å². The maximum absolute atomic E-state index is 5.66. The van der Waals surface area contributed by atoms with Gasteiger partial charge in [0.05, 0.1) is 0 Å². The van der Waals surface area contributed by atoms with Crippen LogP contribution in [0, 0.1) is 0 Å². The Morgan fingerprint density at radius 3 is 2.67 bits per heavy atom. The summed E-state index contributed by atoms with van der Waals surface area (Å²) >= 11 is 0. The highest BCUT2D eigenvalue weighted by Crippen LogP contribution is 2.23. The van der Waals surface area contributed by atoms with E-state index in [-0.39, 0.29) is 0 Å². The molecule has 0 aliphatic rings. The average Bonchev–Trinajstić information content (AvgIpc) is 2.84. The Balaban J connectivity index is 1.98. The molecular formula is C14H13N3O. The minimum Gasteiger partial charge on any atom is -0.434 e. The van der Waals surface area contributed by atoms with Crippen LogP contribution in [0.25, 0.3) is 22.7 Å². The first-order valence-electron chi connectivity index (χ1n) is 5.88. The van der Waals surface area contributed by atoms with Crippen molar-refractivity contribution in [2.24, 2.45) is 5.73 Å². The van der Waals surface area contributed by atoms with E-state index in [0.717, 1.165) is 12.0 Å². The fourth-order valence-electron chi connectivity index (χ4n) is 1.87. The van der Waals surface area contributed by atoms with Crippen LogP contribution in [0.3, 0.4) is 0 Å². The predicted octanol–water partition coefficient (Wildman–Crippen LogP) is 2.39. The highest BCUT2D eigenvalue weighted by Gasteiger charge is 2.08. The van der Waals surface area contributed by atoms with Crippen LogP contribution >= 0.6 is 0 Å². The molecule has 0 unspecified atom stereocenters. The Bertz CT molecular complexity index is 625. The van der Waals surface area contributed by atoms with E-state index < -0.39 is 0 Å². The molecule has 0 spiro atoms. The van der Waals surface area contributed by atoms with Gasteiger partial charge < -0.3 is 10.2 Å². The maximum atomic E-state index is 5.66. The highest BCUT2D eigenvalue weighted by atomic mass is 16.3. The summed E-state index contributed by atoms with van der Waals surface area (Å²) in [5.41, 5.74) is 9.04. The third-order valence-corrected chi connectivity index (χ3v) is 2.80. The number of aromatic nitrogens is 2. The van der Waals surface area contributed by atoms with Crippen molar-refractivity contribution >= 4 is 11.2 Å². The average molecular weight is 239 g/mol. The Hall–Kier alpha value is -2.20. The van der Waals surface area contributed by atoms with Crippen molar-refractivity contribution in [3.63, 3.8) is 0 Å². The van der Waals surface area contributed by atoms with Gasteiger partial charge in [0.1, 0.15) is 0 Å². The van der Waals surface area contributed by atoms with Crippen LogP contribution in [0.2, 0.25) is 0 Å². The Morgan fingerprint density at radius 1 is 1.11 bits per heavy atom. The summed E-state index contributed by atoms with van der Waals surface area (Å²) in [5.74, 6) is 0.600. The first kappa shape index (κ1) is 10.9. The molecule has 1 aromatic carbocycles. The summed E-state index contributed by atoms with van der Waals surface area (Å²) < 4.78 is 5.66. The van der Waals surface area contributed by atoms with Crippen molar-refractivity contribution in [1.82, 2.24) is 9.97 Å². The number of nitrogens with zero attached hydrogens (tertiary/aromatic N) is 2. The zero-order valence-electron chi connectivity index (χ0n) is 9.84. The van der Waals surface area contributed by atoms with E-state index >= 15 is 0 Å². The monoisotopic (exact) mass is 239 g/mol. The topological polar surface area (TPSA) is 64.9 Å². The summed E-state index contributed by atoms with van der Waals surface area (Å²) in [4.78, 5) is 8.51. The van der Waals surface area contributed by atoms with Crippen molar-refractivity contribution in [3.8, 4) is 11.5 Å². The van der Waals surface area contributed by atoms with Gasteiger partial charge in [0.2, 0.25) is 5.89 Å². The van der Waals surface area contributed by atoms with Crippen molar-refractivity contribution < 1.29 is 4.42 Å². The number of pyridine rings is 1. The molecule has 0 radical (unpaired) electrons. The molecule has 3 rings (SSSR count). The van der Waals surface area contributed by atoms with Gasteiger partial charge in [0.25, 0.3) is 0 Å². The van der Waals surface area contributed by atoms with Crippen LogP contribution in [0.15, 0.2) is 47.0 Å². The zero-order valence-corrected chi connectivity index (χ0v) is 9.84. The van der Waals surface area contributed by atoms with Gasteiger partial charge in [-0.05, 0) is 42.8 Å². The number of benzene rings is 1. The van der Waals surface area contributed by atoms with Crippen LogP contribution < -0.4 is 5.73 Å². The van der Waals surface area contributed by atoms with Gasteiger partial charge in [-0.3, -0.25) is 0 Å². The minimum atomic E-state index is 0.600. The molecule has 0 saturated heterocycles. The second-order valence-electron chi connectivity index (χ2n) is 4.08. The molecule has 0 saturated carbocycles. The van der Waals surface area contributed by atoms with Crippen molar-refractivity contribution in [2.45, 2.75) is 6.42 Å². The SMILES string of the molecule is NCCc1ccc(-c2nc3ncccc3o2)cc1. The first-order chi connectivity index (χ1) is 8.86. The molecule has 0 fully saturated rings. The van der Waals surface area contributed by atoms with Gasteiger partial charge in [-0.2, -0.15) is 4.98 Å². The van der Waals surface area contributed by atoms with E-state index in [1.54, 1.807) is 6.20 Å². The highest BCUT2D eigenvalue weighted by molar-refractivity contribution is 5.71. The fourth-order valence-corrected chi connectivity index (χ4v) is 1.87. The first-order valence-corrected chi connectivity index (χ1v) is 5.88. The molecule has 4 nitrogen and oxygen atoms in total. The number of fused-ring (bicyclic) bond motifs is 1. The number of nitrogens with two attached hydrogens (primary N) is 1. The lowest BCUT2D eigenvalue weighted by Crippen LogP contribution is -2.02. The lowest BCUT2D eigenvalue weighted by molar-refractivity contribution is 0.619. The Labute approximate surface area is 104 Å². The zero-order chi connectivity index (χ0) is 12.4. The van der Waals surface area contributed by atoms with E-state index in [2.05, 4.69) is 9.97 Å². The van der Waals surface area contributed by atoms with Crippen LogP contribution in [0.4, 0.5) is 0 Å². The molecule has 2 heterocycles. The van der Waals surface area contributed by atoms with Gasteiger partial charge in [-0.25, -0.2) is 4.98 Å². The number of oxazole rings is 1. The van der Waals surface area contributed by atoms with Gasteiger partial charge in [0, 0.05) is 11.8 Å². The van der Waals surface area contributed by atoms with Crippen LogP contribution in [-0.4, -0.2) is 16.5 Å². The molecule has 90 valence electrons. The summed E-state index contributed by atoms with van der Waals surface area (Å²) in [6.07, 6.45) is 2.59. The molecule has 0 aliphatic heterocycles. The fraction of sp³-hybridized carbons (Fsp3) is 0.143. The van der Waals surface area contributed by atoms with E-state index in [9.17, 15) is 0 Å². The molecule has 4 heteroatoms. The number of rotatable bonds is 3. The summed E-state index contributed by atoms with van der Waals surface area (Å²) in [7, 11) is 0. The van der Waals surface area contributed by atoms with Crippen LogP contribution in [0.1, 0.15) is 5.56 Å². The number of hydrogen-bond acceptors (Lipinski definition) is 4. The van der Waals surface area contributed by atoms with Gasteiger partial charge >= 0.3 is 0 Å². The van der Waals surface area contributed by atoms with E-state index in [1.165, 1.54) is 5.56 Å². The lowest BCUT2D eigenvalue weighted by Gasteiger charge is -1.99. The van der Waals surface area contributed by atoms with Gasteiger partial charge in [-0.15, -0.1) is 0 Å². The third-order valence-electron chi connectivity index (χ3n) is 2.80. The molecule has 2 N–H and O–H groups in total.